The van der Waals surface area contributed by atoms with Crippen LogP contribution in [0.1, 0.15) is 20.8 Å². The van der Waals surface area contributed by atoms with Crippen molar-refractivity contribution in [1.29, 1.82) is 0 Å². The number of alkyl carbamates (subject to hydrolysis) is 1. The Morgan fingerprint density at radius 3 is 2.50 bits per heavy atom. The van der Waals surface area contributed by atoms with Crippen LogP contribution in [-0.2, 0) is 9.53 Å². The number of carbonyl (C=O) groups is 2. The highest BCUT2D eigenvalue weighted by Gasteiger charge is 2.23. The lowest BCUT2D eigenvalue weighted by Gasteiger charge is -2.21. The zero-order chi connectivity index (χ0) is 12.8. The van der Waals surface area contributed by atoms with Crippen LogP contribution >= 0.6 is 11.8 Å². The molecule has 1 amide bonds. The summed E-state index contributed by atoms with van der Waals surface area (Å²) in [5.41, 5.74) is -0.640. The van der Waals surface area contributed by atoms with E-state index in [0.29, 0.717) is 0 Å². The predicted molar refractivity (Wildman–Crippen MR) is 63.4 cm³/mol. The van der Waals surface area contributed by atoms with E-state index in [4.69, 9.17) is 9.84 Å². The summed E-state index contributed by atoms with van der Waals surface area (Å²) in [5, 5.41) is 12.6. The fourth-order valence-corrected chi connectivity index (χ4v) is 1.34. The van der Waals surface area contributed by atoms with Crippen molar-refractivity contribution >= 4 is 23.8 Å². The Hall–Kier alpha value is -1.17. The topological polar surface area (TPSA) is 75.6 Å². The minimum Gasteiger partial charge on any atom is -0.480 e. The van der Waals surface area contributed by atoms with E-state index >= 15 is 0 Å². The van der Waals surface area contributed by atoms with Crippen molar-refractivity contribution < 1.29 is 19.4 Å². The lowest BCUT2D eigenvalue weighted by Crippen LogP contribution is -2.44. The summed E-state index contributed by atoms with van der Waals surface area (Å²) in [6, 6.07) is -0.974. The molecule has 92 valence electrons. The Morgan fingerprint density at radius 2 is 2.12 bits per heavy atom. The van der Waals surface area contributed by atoms with Gasteiger partial charge in [-0.3, -0.25) is 0 Å². The highest BCUT2D eigenvalue weighted by Crippen LogP contribution is 2.08. The first-order valence-corrected chi connectivity index (χ1v) is 5.76. The van der Waals surface area contributed by atoms with Gasteiger partial charge in [-0.05, 0) is 26.2 Å². The van der Waals surface area contributed by atoms with Crippen molar-refractivity contribution in [3.63, 3.8) is 0 Å². The zero-order valence-electron chi connectivity index (χ0n) is 9.65. The number of carboxylic acid groups (broad SMARTS) is 1. The molecular weight excluding hydrogens is 230 g/mol. The van der Waals surface area contributed by atoms with Crippen molar-refractivity contribution in [2.45, 2.75) is 32.4 Å². The molecule has 0 aromatic heterocycles. The van der Waals surface area contributed by atoms with Gasteiger partial charge in [-0.1, -0.05) is 6.58 Å². The number of thioether (sulfide) groups is 1. The van der Waals surface area contributed by atoms with Gasteiger partial charge in [0, 0.05) is 5.75 Å². The van der Waals surface area contributed by atoms with Crippen LogP contribution < -0.4 is 5.32 Å². The molecule has 0 aliphatic carbocycles. The number of hydrogen-bond acceptors (Lipinski definition) is 4. The number of amides is 1. The summed E-state index contributed by atoms with van der Waals surface area (Å²) in [6.07, 6.45) is -0.732. The van der Waals surface area contributed by atoms with Crippen molar-refractivity contribution in [2.75, 3.05) is 5.75 Å². The normalized spacial score (nSPS) is 12.7. The van der Waals surface area contributed by atoms with Crippen molar-refractivity contribution in [3.8, 4) is 0 Å². The van der Waals surface area contributed by atoms with Gasteiger partial charge in [0.2, 0.25) is 0 Å². The smallest absolute Gasteiger partial charge is 0.408 e. The van der Waals surface area contributed by atoms with E-state index in [-0.39, 0.29) is 5.75 Å². The number of rotatable bonds is 5. The Kier molecular flexibility index (Phi) is 5.95. The average Bonchev–Trinajstić information content (AvgIpc) is 2.08. The van der Waals surface area contributed by atoms with Crippen LogP contribution in [0, 0.1) is 0 Å². The maximum Gasteiger partial charge on any atom is 0.408 e. The third-order valence-electron chi connectivity index (χ3n) is 1.37. The summed E-state index contributed by atoms with van der Waals surface area (Å²) in [7, 11) is 0. The molecule has 0 saturated carbocycles. The molecule has 0 saturated heterocycles. The van der Waals surface area contributed by atoms with Gasteiger partial charge >= 0.3 is 12.1 Å². The minimum atomic E-state index is -1.10. The van der Waals surface area contributed by atoms with Gasteiger partial charge in [-0.15, -0.1) is 11.8 Å². The van der Waals surface area contributed by atoms with Gasteiger partial charge in [0.25, 0.3) is 0 Å². The highest BCUT2D eigenvalue weighted by molar-refractivity contribution is 8.02. The summed E-state index contributed by atoms with van der Waals surface area (Å²) < 4.78 is 4.95. The van der Waals surface area contributed by atoms with E-state index < -0.39 is 23.7 Å². The predicted octanol–water partition coefficient (Wildman–Crippen LogP) is 1.84. The molecule has 6 heteroatoms. The van der Waals surface area contributed by atoms with Crippen LogP contribution in [-0.4, -0.2) is 34.6 Å². The van der Waals surface area contributed by atoms with Crippen molar-refractivity contribution in [2.24, 2.45) is 0 Å². The fraction of sp³-hybridized carbons (Fsp3) is 0.600. The molecule has 0 bridgehead atoms. The summed E-state index contributed by atoms with van der Waals surface area (Å²) in [5.74, 6) is -0.877. The molecular formula is C10H17NO4S. The summed E-state index contributed by atoms with van der Waals surface area (Å²) in [6.45, 7) is 8.58. The minimum absolute atomic E-state index is 0.220. The second kappa shape index (κ2) is 6.42. The molecule has 0 rings (SSSR count). The summed E-state index contributed by atoms with van der Waals surface area (Å²) >= 11 is 1.22. The molecule has 0 aliphatic rings. The Bertz CT molecular complexity index is 272. The van der Waals surface area contributed by atoms with Crippen molar-refractivity contribution in [1.82, 2.24) is 5.32 Å². The second-order valence-electron chi connectivity index (χ2n) is 4.04. The van der Waals surface area contributed by atoms with Gasteiger partial charge in [-0.25, -0.2) is 9.59 Å². The first-order valence-electron chi connectivity index (χ1n) is 4.71. The summed E-state index contributed by atoms with van der Waals surface area (Å²) in [4.78, 5) is 22.1. The van der Waals surface area contributed by atoms with Crippen LogP contribution in [0.15, 0.2) is 12.0 Å². The molecule has 2 N–H and O–H groups in total. The standard InChI is InChI=1S/C10H17NO4S/c1-5-16-6-7(8(12)13)11-9(14)15-10(2,3)4/h5,7H,1,6H2,2-4H3,(H,11,14)(H,12,13)/t7-/m0/s1. The molecule has 0 unspecified atom stereocenters. The van der Waals surface area contributed by atoms with Gasteiger partial charge in [0.15, 0.2) is 0 Å². The third kappa shape index (κ3) is 7.17. The molecule has 0 radical (unpaired) electrons. The molecule has 0 aromatic carbocycles. The van der Waals surface area contributed by atoms with Crippen LogP contribution in [0.2, 0.25) is 0 Å². The molecule has 0 spiro atoms. The van der Waals surface area contributed by atoms with Crippen LogP contribution in [0.25, 0.3) is 0 Å². The van der Waals surface area contributed by atoms with E-state index in [9.17, 15) is 9.59 Å². The number of nitrogens with one attached hydrogen (secondary N) is 1. The van der Waals surface area contributed by atoms with Crippen molar-refractivity contribution in [3.05, 3.63) is 12.0 Å². The number of carbonyl (C=O) groups excluding carboxylic acids is 1. The van der Waals surface area contributed by atoms with Gasteiger partial charge in [-0.2, -0.15) is 0 Å². The number of hydrogen-bond donors (Lipinski definition) is 2. The van der Waals surface area contributed by atoms with Crippen LogP contribution in [0.5, 0.6) is 0 Å². The van der Waals surface area contributed by atoms with Crippen LogP contribution in [0.4, 0.5) is 4.79 Å². The fourth-order valence-electron chi connectivity index (χ4n) is 0.789. The Morgan fingerprint density at radius 1 is 1.56 bits per heavy atom. The van der Waals surface area contributed by atoms with Crippen LogP contribution in [0.3, 0.4) is 0 Å². The van der Waals surface area contributed by atoms with E-state index in [2.05, 4.69) is 11.9 Å². The first-order chi connectivity index (χ1) is 7.26. The zero-order valence-corrected chi connectivity index (χ0v) is 10.5. The molecule has 0 heterocycles. The van der Waals surface area contributed by atoms with Gasteiger partial charge < -0.3 is 15.2 Å². The van der Waals surface area contributed by atoms with E-state index in [1.807, 2.05) is 0 Å². The van der Waals surface area contributed by atoms with E-state index in [1.165, 1.54) is 17.2 Å². The maximum atomic E-state index is 11.3. The quantitative estimate of drug-likeness (QED) is 0.775. The molecule has 0 fully saturated rings. The number of carboxylic acids is 1. The maximum absolute atomic E-state index is 11.3. The Labute approximate surface area is 99.2 Å². The lowest BCUT2D eigenvalue weighted by molar-refractivity contribution is -0.138. The first kappa shape index (κ1) is 14.8. The largest absolute Gasteiger partial charge is 0.480 e. The third-order valence-corrected chi connectivity index (χ3v) is 2.13. The van der Waals surface area contributed by atoms with E-state index in [0.717, 1.165) is 0 Å². The molecule has 0 aliphatic heterocycles. The number of aliphatic carboxylic acids is 1. The molecule has 5 nitrogen and oxygen atoms in total. The van der Waals surface area contributed by atoms with Gasteiger partial charge in [0.05, 0.1) is 0 Å². The Balaban J connectivity index is 4.23. The molecule has 1 atom stereocenters. The van der Waals surface area contributed by atoms with Gasteiger partial charge in [0.1, 0.15) is 11.6 Å². The SMILES string of the molecule is C=CSC[C@H](NC(=O)OC(C)(C)C)C(=O)O. The average molecular weight is 247 g/mol. The lowest BCUT2D eigenvalue weighted by atomic mass is 10.2. The molecule has 16 heavy (non-hydrogen) atoms. The monoisotopic (exact) mass is 247 g/mol. The molecule has 0 aromatic rings. The second-order valence-corrected chi connectivity index (χ2v) is 5.04. The van der Waals surface area contributed by atoms with E-state index in [1.54, 1.807) is 20.8 Å². The number of ether oxygens (including phenoxy) is 1. The highest BCUT2D eigenvalue weighted by atomic mass is 32.2.